The fourth-order valence-corrected chi connectivity index (χ4v) is 4.11. The fraction of sp³-hybridized carbons (Fsp3) is 0.250. The molecule has 1 amide bonds. The van der Waals surface area contributed by atoms with E-state index in [2.05, 4.69) is 15.5 Å². The normalized spacial score (nSPS) is 11.4. The first-order chi connectivity index (χ1) is 13.7. The molecule has 29 heavy (non-hydrogen) atoms. The Kier molecular flexibility index (Phi) is 6.07. The van der Waals surface area contributed by atoms with Gasteiger partial charge in [0.05, 0.1) is 10.6 Å². The summed E-state index contributed by atoms with van der Waals surface area (Å²) in [6, 6.07) is 10.3. The first-order valence-electron chi connectivity index (χ1n) is 8.94. The molecule has 0 spiro atoms. The van der Waals surface area contributed by atoms with Crippen molar-refractivity contribution in [1.82, 2.24) is 10.2 Å². The second-order valence-electron chi connectivity index (χ2n) is 6.66. The fourth-order valence-electron chi connectivity index (χ4n) is 2.80. The number of nitrogens with zero attached hydrogens (tertiary/aromatic N) is 2. The quantitative estimate of drug-likeness (QED) is 0.588. The van der Waals surface area contributed by atoms with Gasteiger partial charge in [-0.25, -0.2) is 12.8 Å². The first-order valence-corrected chi connectivity index (χ1v) is 10.6. The molecule has 152 valence electrons. The van der Waals surface area contributed by atoms with Crippen molar-refractivity contribution in [2.24, 2.45) is 0 Å². The summed E-state index contributed by atoms with van der Waals surface area (Å²) in [5, 5.41) is 10.2. The van der Waals surface area contributed by atoms with Gasteiger partial charge < -0.3 is 4.42 Å². The van der Waals surface area contributed by atoms with Gasteiger partial charge in [-0.3, -0.25) is 10.1 Å². The van der Waals surface area contributed by atoms with E-state index in [-0.39, 0.29) is 35.4 Å². The highest BCUT2D eigenvalue weighted by Gasteiger charge is 2.17. The molecule has 2 aromatic carbocycles. The zero-order valence-electron chi connectivity index (χ0n) is 16.0. The van der Waals surface area contributed by atoms with Crippen molar-refractivity contribution in [3.63, 3.8) is 0 Å². The molecule has 0 unspecified atom stereocenters. The lowest BCUT2D eigenvalue weighted by Crippen LogP contribution is -2.14. The van der Waals surface area contributed by atoms with E-state index < -0.39 is 21.6 Å². The Hall–Kier alpha value is -3.07. The maximum Gasteiger partial charge on any atom is 0.322 e. The average molecular weight is 417 g/mol. The number of halogens is 1. The van der Waals surface area contributed by atoms with E-state index in [1.165, 1.54) is 12.1 Å². The average Bonchev–Trinajstić information content (AvgIpc) is 3.10. The topological polar surface area (TPSA) is 102 Å². The molecule has 3 rings (SSSR count). The minimum Gasteiger partial charge on any atom is -0.403 e. The number of nitrogens with one attached hydrogen (secondary N) is 1. The molecule has 0 bridgehead atoms. The number of sulfone groups is 1. The van der Waals surface area contributed by atoms with Gasteiger partial charge >= 0.3 is 6.01 Å². The van der Waals surface area contributed by atoms with Crippen LogP contribution in [0.3, 0.4) is 0 Å². The van der Waals surface area contributed by atoms with Gasteiger partial charge in [0.2, 0.25) is 11.8 Å². The van der Waals surface area contributed by atoms with Crippen LogP contribution in [0.1, 0.15) is 24.0 Å². The molecular weight excluding hydrogens is 397 g/mol. The molecule has 0 fully saturated rings. The van der Waals surface area contributed by atoms with Gasteiger partial charge in [-0.2, -0.15) is 0 Å². The third-order valence-corrected chi connectivity index (χ3v) is 6.09. The minimum atomic E-state index is -3.58. The lowest BCUT2D eigenvalue weighted by molar-refractivity contribution is -0.116. The van der Waals surface area contributed by atoms with Crippen molar-refractivity contribution in [2.45, 2.75) is 31.6 Å². The second kappa shape index (κ2) is 8.52. The van der Waals surface area contributed by atoms with E-state index in [9.17, 15) is 17.6 Å². The van der Waals surface area contributed by atoms with E-state index in [0.29, 0.717) is 0 Å². The van der Waals surface area contributed by atoms with Crippen LogP contribution in [-0.2, 0) is 14.6 Å². The lowest BCUT2D eigenvalue weighted by Gasteiger charge is -2.04. The smallest absolute Gasteiger partial charge is 0.322 e. The van der Waals surface area contributed by atoms with Gasteiger partial charge in [-0.05, 0) is 56.2 Å². The van der Waals surface area contributed by atoms with E-state index in [4.69, 9.17) is 4.42 Å². The number of hydrogen-bond acceptors (Lipinski definition) is 6. The van der Waals surface area contributed by atoms with Crippen LogP contribution in [0.2, 0.25) is 0 Å². The van der Waals surface area contributed by atoms with Gasteiger partial charge in [0, 0.05) is 12.0 Å². The van der Waals surface area contributed by atoms with Crippen molar-refractivity contribution in [3.8, 4) is 11.5 Å². The van der Waals surface area contributed by atoms with Crippen LogP contribution in [0.25, 0.3) is 11.5 Å². The summed E-state index contributed by atoms with van der Waals surface area (Å²) in [6.07, 6.45) is 0.0608. The number of rotatable bonds is 7. The summed E-state index contributed by atoms with van der Waals surface area (Å²) in [5.74, 6) is -0.890. The minimum absolute atomic E-state index is 0.0225. The zero-order valence-corrected chi connectivity index (χ0v) is 16.8. The molecule has 0 atom stereocenters. The van der Waals surface area contributed by atoms with Crippen molar-refractivity contribution in [3.05, 3.63) is 59.4 Å². The van der Waals surface area contributed by atoms with Crippen molar-refractivity contribution < 1.29 is 22.0 Å². The number of hydrogen-bond donors (Lipinski definition) is 1. The van der Waals surface area contributed by atoms with Gasteiger partial charge in [0.25, 0.3) is 0 Å². The Labute approximate surface area is 167 Å². The van der Waals surface area contributed by atoms with Crippen LogP contribution in [0.5, 0.6) is 0 Å². The van der Waals surface area contributed by atoms with Crippen molar-refractivity contribution >= 4 is 21.8 Å². The molecule has 0 saturated carbocycles. The molecule has 9 heteroatoms. The number of anilines is 1. The third-order valence-electron chi connectivity index (χ3n) is 4.27. The van der Waals surface area contributed by atoms with Crippen molar-refractivity contribution in [2.75, 3.05) is 11.1 Å². The van der Waals surface area contributed by atoms with Crippen LogP contribution in [0.15, 0.2) is 51.8 Å². The molecule has 3 aromatic rings. The summed E-state index contributed by atoms with van der Waals surface area (Å²) >= 11 is 0. The monoisotopic (exact) mass is 417 g/mol. The molecular formula is C20H20FN3O4S. The molecule has 0 aliphatic heterocycles. The van der Waals surface area contributed by atoms with Gasteiger partial charge in [-0.1, -0.05) is 22.8 Å². The van der Waals surface area contributed by atoms with Crippen LogP contribution in [0, 0.1) is 19.7 Å². The summed E-state index contributed by atoms with van der Waals surface area (Å²) in [4.78, 5) is 12.1. The Balaban J connectivity index is 1.55. The molecule has 1 N–H and O–H groups in total. The molecule has 0 saturated heterocycles. The predicted molar refractivity (Wildman–Crippen MR) is 106 cm³/mol. The van der Waals surface area contributed by atoms with Gasteiger partial charge in [0.1, 0.15) is 5.82 Å². The van der Waals surface area contributed by atoms with E-state index >= 15 is 0 Å². The maximum atomic E-state index is 12.9. The Morgan fingerprint density at radius 3 is 2.52 bits per heavy atom. The summed E-state index contributed by atoms with van der Waals surface area (Å²) < 4.78 is 42.8. The van der Waals surface area contributed by atoms with E-state index in [0.717, 1.165) is 28.8 Å². The Morgan fingerprint density at radius 2 is 1.83 bits per heavy atom. The molecule has 1 heterocycles. The van der Waals surface area contributed by atoms with Crippen LogP contribution in [0.4, 0.5) is 10.4 Å². The van der Waals surface area contributed by atoms with E-state index in [1.54, 1.807) is 0 Å². The van der Waals surface area contributed by atoms with Crippen LogP contribution >= 0.6 is 0 Å². The second-order valence-corrected chi connectivity index (χ2v) is 8.76. The highest BCUT2D eigenvalue weighted by atomic mass is 32.2. The third kappa shape index (κ3) is 5.26. The summed E-state index contributed by atoms with van der Waals surface area (Å²) in [7, 11) is -3.58. The highest BCUT2D eigenvalue weighted by molar-refractivity contribution is 7.91. The molecule has 0 aliphatic carbocycles. The largest absolute Gasteiger partial charge is 0.403 e. The van der Waals surface area contributed by atoms with Gasteiger partial charge in [-0.15, -0.1) is 5.10 Å². The summed E-state index contributed by atoms with van der Waals surface area (Å²) in [5.41, 5.74) is 2.85. The molecule has 7 nitrogen and oxygen atoms in total. The first kappa shape index (κ1) is 20.7. The molecule has 0 aliphatic rings. The zero-order chi connectivity index (χ0) is 21.0. The maximum absolute atomic E-state index is 12.9. The molecule has 0 radical (unpaired) electrons. The number of aryl methyl sites for hydroxylation is 2. The number of benzene rings is 2. The van der Waals surface area contributed by atoms with Gasteiger partial charge in [0.15, 0.2) is 9.84 Å². The number of aromatic nitrogens is 2. The van der Waals surface area contributed by atoms with Crippen LogP contribution in [-0.4, -0.2) is 30.3 Å². The number of carbonyl (C=O) groups excluding carboxylic acids is 1. The van der Waals surface area contributed by atoms with E-state index in [1.807, 2.05) is 32.0 Å². The predicted octanol–water partition coefficient (Wildman–Crippen LogP) is 3.69. The molecule has 1 aromatic heterocycles. The highest BCUT2D eigenvalue weighted by Crippen LogP contribution is 2.24. The van der Waals surface area contributed by atoms with Crippen molar-refractivity contribution in [1.29, 1.82) is 0 Å². The van der Waals surface area contributed by atoms with Crippen LogP contribution < -0.4 is 5.32 Å². The number of amides is 1. The number of carbonyl (C=O) groups is 1. The SMILES string of the molecule is Cc1ccc(-c2nnc(NC(=O)CCCS(=O)(=O)c3ccc(F)cc3)o2)c(C)c1. The Bertz CT molecular complexity index is 1120. The summed E-state index contributed by atoms with van der Waals surface area (Å²) in [6.45, 7) is 3.90. The standard InChI is InChI=1S/C20H20FN3O4S/c1-13-5-10-17(14(2)12-13)19-23-24-20(28-19)22-18(25)4-3-11-29(26,27)16-8-6-15(21)7-9-16/h5-10,12H,3-4,11H2,1-2H3,(H,22,24,25). The lowest BCUT2D eigenvalue weighted by atomic mass is 10.1. The Morgan fingerprint density at radius 1 is 1.10 bits per heavy atom.